The van der Waals surface area contributed by atoms with Crippen molar-refractivity contribution in [1.29, 1.82) is 0 Å². The number of aromatic amines is 1. The van der Waals surface area contributed by atoms with Gasteiger partial charge in [0.25, 0.3) is 0 Å². The van der Waals surface area contributed by atoms with E-state index in [0.29, 0.717) is 0 Å². The lowest BCUT2D eigenvalue weighted by Crippen LogP contribution is -2.33. The topological polar surface area (TPSA) is 31.9 Å². The Morgan fingerprint density at radius 1 is 1.25 bits per heavy atom. The minimum atomic E-state index is 0. The van der Waals surface area contributed by atoms with Crippen molar-refractivity contribution in [3.63, 3.8) is 0 Å². The Morgan fingerprint density at radius 2 is 2.20 bits per heavy atom. The summed E-state index contributed by atoms with van der Waals surface area (Å²) in [5.41, 5.74) is 3.65. The van der Waals surface area contributed by atoms with Gasteiger partial charge in [0, 0.05) is 30.9 Å². The summed E-state index contributed by atoms with van der Waals surface area (Å²) in [5.74, 6) is 0. The highest BCUT2D eigenvalue weighted by Crippen LogP contribution is 2.38. The summed E-state index contributed by atoms with van der Waals surface area (Å²) < 4.78 is 0. The molecule has 2 aromatic heterocycles. The summed E-state index contributed by atoms with van der Waals surface area (Å²) in [4.78, 5) is 10.3. The molecule has 2 atom stereocenters. The minimum Gasteiger partial charge on any atom is -0.360 e. The fourth-order valence-electron chi connectivity index (χ4n) is 3.30. The number of aromatic nitrogens is 2. The van der Waals surface area contributed by atoms with E-state index in [1.165, 1.54) is 18.5 Å². The summed E-state index contributed by atoms with van der Waals surface area (Å²) >= 11 is 0. The second kappa shape index (κ2) is 5.19. The van der Waals surface area contributed by atoms with E-state index in [0.717, 1.165) is 24.5 Å². The molecule has 104 valence electrons. The van der Waals surface area contributed by atoms with Crippen LogP contribution in [-0.2, 0) is 5.41 Å². The number of rotatable bonds is 2. The lowest BCUT2D eigenvalue weighted by atomic mass is 9.79. The van der Waals surface area contributed by atoms with Crippen molar-refractivity contribution in [2.24, 2.45) is 0 Å². The largest absolute Gasteiger partial charge is 0.360 e. The van der Waals surface area contributed by atoms with Crippen LogP contribution in [0.3, 0.4) is 0 Å². The van der Waals surface area contributed by atoms with Gasteiger partial charge in [-0.25, -0.2) is 0 Å². The first-order valence-electron chi connectivity index (χ1n) is 6.86. The molecule has 4 heteroatoms. The highest BCUT2D eigenvalue weighted by Gasteiger charge is 2.39. The summed E-state index contributed by atoms with van der Waals surface area (Å²) in [6.07, 6.45) is 9.89. The van der Waals surface area contributed by atoms with Gasteiger partial charge in [0.15, 0.2) is 0 Å². The Balaban J connectivity index is 0.00000121. The SMILES string of the molecule is Br.C1=CC2(c3ccc(-c4ccc[nH]4)nc3)CCN(C1)C2. The van der Waals surface area contributed by atoms with Crippen LogP contribution in [-0.4, -0.2) is 34.5 Å². The first kappa shape index (κ1) is 13.6. The average molecular weight is 332 g/mol. The van der Waals surface area contributed by atoms with Crippen LogP contribution < -0.4 is 0 Å². The molecule has 0 spiro atoms. The maximum absolute atomic E-state index is 4.62. The number of pyridine rings is 1. The van der Waals surface area contributed by atoms with Gasteiger partial charge in [-0.1, -0.05) is 18.2 Å². The summed E-state index contributed by atoms with van der Waals surface area (Å²) in [7, 11) is 0. The van der Waals surface area contributed by atoms with Crippen molar-refractivity contribution in [2.75, 3.05) is 19.6 Å². The van der Waals surface area contributed by atoms with Crippen LogP contribution in [0.15, 0.2) is 48.8 Å². The number of nitrogens with one attached hydrogen (secondary N) is 1. The molecule has 0 aromatic carbocycles. The highest BCUT2D eigenvalue weighted by atomic mass is 79.9. The van der Waals surface area contributed by atoms with Gasteiger partial charge in [-0.2, -0.15) is 0 Å². The molecule has 1 N–H and O–H groups in total. The highest BCUT2D eigenvalue weighted by molar-refractivity contribution is 8.93. The van der Waals surface area contributed by atoms with E-state index in [-0.39, 0.29) is 22.4 Å². The molecule has 4 rings (SSSR count). The quantitative estimate of drug-likeness (QED) is 0.857. The van der Waals surface area contributed by atoms with Crippen LogP contribution in [0.1, 0.15) is 12.0 Å². The first-order chi connectivity index (χ1) is 9.36. The van der Waals surface area contributed by atoms with Crippen LogP contribution in [0.5, 0.6) is 0 Å². The van der Waals surface area contributed by atoms with Gasteiger partial charge < -0.3 is 4.98 Å². The Hall–Kier alpha value is -1.39. The molecule has 4 heterocycles. The second-order valence-electron chi connectivity index (χ2n) is 5.56. The number of nitrogens with zero attached hydrogens (tertiary/aromatic N) is 2. The molecule has 1 fully saturated rings. The van der Waals surface area contributed by atoms with Crippen LogP contribution in [0.2, 0.25) is 0 Å². The molecule has 0 radical (unpaired) electrons. The first-order valence-corrected chi connectivity index (χ1v) is 6.86. The molecule has 2 aliphatic rings. The van der Waals surface area contributed by atoms with E-state index in [1.54, 1.807) is 0 Å². The molecule has 0 saturated carbocycles. The molecule has 0 aliphatic carbocycles. The Bertz CT molecular complexity index is 603. The summed E-state index contributed by atoms with van der Waals surface area (Å²) in [6, 6.07) is 8.42. The molecule has 20 heavy (non-hydrogen) atoms. The molecule has 0 amide bonds. The average Bonchev–Trinajstić information content (AvgIpc) is 3.09. The van der Waals surface area contributed by atoms with Crippen molar-refractivity contribution >= 4 is 17.0 Å². The van der Waals surface area contributed by atoms with E-state index in [1.807, 2.05) is 12.3 Å². The molecular formula is C16H18BrN3. The Kier molecular flexibility index (Phi) is 3.52. The molecule has 2 aromatic rings. The predicted molar refractivity (Wildman–Crippen MR) is 86.2 cm³/mol. The predicted octanol–water partition coefficient (Wildman–Crippen LogP) is 3.17. The van der Waals surface area contributed by atoms with E-state index in [2.05, 4.69) is 51.4 Å². The van der Waals surface area contributed by atoms with Gasteiger partial charge in [-0.15, -0.1) is 17.0 Å². The number of H-pyrrole nitrogens is 1. The molecule has 2 aliphatic heterocycles. The minimum absolute atomic E-state index is 0. The van der Waals surface area contributed by atoms with Crippen molar-refractivity contribution < 1.29 is 0 Å². The van der Waals surface area contributed by atoms with Crippen LogP contribution >= 0.6 is 17.0 Å². The van der Waals surface area contributed by atoms with Gasteiger partial charge in [0.2, 0.25) is 0 Å². The van der Waals surface area contributed by atoms with Gasteiger partial charge in [-0.05, 0) is 36.7 Å². The third kappa shape index (κ3) is 2.13. The fourth-order valence-corrected chi connectivity index (χ4v) is 3.30. The summed E-state index contributed by atoms with van der Waals surface area (Å²) in [5, 5.41) is 0. The number of hydrogen-bond donors (Lipinski definition) is 1. The van der Waals surface area contributed by atoms with E-state index in [9.17, 15) is 0 Å². The third-order valence-electron chi connectivity index (χ3n) is 4.39. The molecule has 2 unspecified atom stereocenters. The van der Waals surface area contributed by atoms with Gasteiger partial charge >= 0.3 is 0 Å². The van der Waals surface area contributed by atoms with Gasteiger partial charge in [0.1, 0.15) is 0 Å². The zero-order valence-electron chi connectivity index (χ0n) is 11.2. The number of hydrogen-bond acceptors (Lipinski definition) is 2. The van der Waals surface area contributed by atoms with Crippen LogP contribution in [0.25, 0.3) is 11.4 Å². The monoisotopic (exact) mass is 331 g/mol. The zero-order chi connectivity index (χ0) is 12.7. The fraction of sp³-hybridized carbons (Fsp3) is 0.312. The van der Waals surface area contributed by atoms with Crippen LogP contribution in [0.4, 0.5) is 0 Å². The normalized spacial score (nSPS) is 27.3. The van der Waals surface area contributed by atoms with Crippen LogP contribution in [0, 0.1) is 0 Å². The summed E-state index contributed by atoms with van der Waals surface area (Å²) in [6.45, 7) is 3.45. The Morgan fingerprint density at radius 3 is 2.95 bits per heavy atom. The van der Waals surface area contributed by atoms with Crippen molar-refractivity contribution in [3.8, 4) is 11.4 Å². The van der Waals surface area contributed by atoms with E-state index >= 15 is 0 Å². The zero-order valence-corrected chi connectivity index (χ0v) is 13.0. The van der Waals surface area contributed by atoms with Crippen molar-refractivity contribution in [2.45, 2.75) is 11.8 Å². The number of fused-ring (bicyclic) bond motifs is 2. The van der Waals surface area contributed by atoms with Crippen molar-refractivity contribution in [3.05, 3.63) is 54.4 Å². The standard InChI is InChI=1S/C16H17N3.BrH/c1-3-14(17-8-1)15-5-4-13(11-18-15)16-6-2-9-19(12-16)10-7-16;/h1-6,8,11,17H,7,9-10,12H2;1H. The van der Waals surface area contributed by atoms with Gasteiger partial charge in [-0.3, -0.25) is 9.88 Å². The molecule has 1 saturated heterocycles. The molecular weight excluding hydrogens is 314 g/mol. The van der Waals surface area contributed by atoms with E-state index < -0.39 is 0 Å². The van der Waals surface area contributed by atoms with Gasteiger partial charge in [0.05, 0.1) is 11.4 Å². The molecule has 3 nitrogen and oxygen atoms in total. The van der Waals surface area contributed by atoms with Crippen molar-refractivity contribution in [1.82, 2.24) is 14.9 Å². The maximum Gasteiger partial charge on any atom is 0.0864 e. The van der Waals surface area contributed by atoms with E-state index in [4.69, 9.17) is 0 Å². The lowest BCUT2D eigenvalue weighted by Gasteiger charge is -2.29. The lowest BCUT2D eigenvalue weighted by molar-refractivity contribution is 0.345. The Labute approximate surface area is 129 Å². The number of halogens is 1. The second-order valence-corrected chi connectivity index (χ2v) is 5.56. The molecule has 2 bridgehead atoms. The maximum atomic E-state index is 4.62. The smallest absolute Gasteiger partial charge is 0.0864 e. The third-order valence-corrected chi connectivity index (χ3v) is 4.39.